The maximum Gasteiger partial charge on any atom is 0.410 e. The zero-order chi connectivity index (χ0) is 26.4. The topological polar surface area (TPSA) is 92.8 Å². The van der Waals surface area contributed by atoms with E-state index in [0.717, 1.165) is 42.0 Å². The van der Waals surface area contributed by atoms with Crippen molar-refractivity contribution in [2.45, 2.75) is 41.6 Å². The zero-order valence-electron chi connectivity index (χ0n) is 20.5. The van der Waals surface area contributed by atoms with Crippen LogP contribution in [-0.4, -0.2) is 45.5 Å². The van der Waals surface area contributed by atoms with Crippen molar-refractivity contribution in [2.75, 3.05) is 20.1 Å². The van der Waals surface area contributed by atoms with E-state index < -0.39 is 21.7 Å². The summed E-state index contributed by atoms with van der Waals surface area (Å²) < 4.78 is 44.8. The third kappa shape index (κ3) is 6.54. The first-order valence-electron chi connectivity index (χ1n) is 12.1. The third-order valence-corrected chi connectivity index (χ3v) is 8.16. The first kappa shape index (κ1) is 26.3. The van der Waals surface area contributed by atoms with Gasteiger partial charge in [0.25, 0.3) is 0 Å². The van der Waals surface area contributed by atoms with Crippen molar-refractivity contribution in [3.05, 3.63) is 95.3 Å². The van der Waals surface area contributed by atoms with Gasteiger partial charge in [-0.3, -0.25) is 4.79 Å². The maximum atomic E-state index is 13.6. The lowest BCUT2D eigenvalue weighted by atomic mass is 9.83. The van der Waals surface area contributed by atoms with E-state index in [2.05, 4.69) is 5.32 Å². The second kappa shape index (κ2) is 11.6. The first-order valence-corrected chi connectivity index (χ1v) is 13.5. The summed E-state index contributed by atoms with van der Waals surface area (Å²) in [6.45, 7) is 0.355. The average molecular weight is 525 g/mol. The minimum atomic E-state index is -3.84. The molecule has 0 radical (unpaired) electrons. The molecule has 2 amide bonds. The molecule has 1 atom stereocenters. The summed E-state index contributed by atoms with van der Waals surface area (Å²) in [7, 11) is -2.34. The highest BCUT2D eigenvalue weighted by Gasteiger charge is 2.25. The molecule has 3 aromatic rings. The molecule has 194 valence electrons. The summed E-state index contributed by atoms with van der Waals surface area (Å²) in [5.41, 5.74) is 2.75. The molecule has 0 heterocycles. The number of nitrogens with zero attached hydrogens (tertiary/aromatic N) is 1. The Morgan fingerprint density at radius 3 is 2.54 bits per heavy atom. The van der Waals surface area contributed by atoms with Gasteiger partial charge >= 0.3 is 6.09 Å². The van der Waals surface area contributed by atoms with Gasteiger partial charge in [-0.2, -0.15) is 0 Å². The van der Waals surface area contributed by atoms with Gasteiger partial charge in [0.05, 0.1) is 9.79 Å². The number of amides is 2. The SMILES string of the molecule is CN(CC(=O)NCC1CCCc2cc(S(=O)(=O)c3cccc(F)c3)ccc21)C(=O)OCc1ccccc1. The molecule has 1 aliphatic carbocycles. The molecule has 0 aromatic heterocycles. The molecule has 0 saturated carbocycles. The van der Waals surface area contributed by atoms with Crippen LogP contribution in [0.4, 0.5) is 9.18 Å². The number of hydrogen-bond acceptors (Lipinski definition) is 5. The van der Waals surface area contributed by atoms with Crippen LogP contribution in [0.15, 0.2) is 82.6 Å². The molecule has 7 nitrogen and oxygen atoms in total. The number of carbonyl (C=O) groups is 2. The lowest BCUT2D eigenvalue weighted by molar-refractivity contribution is -0.121. The van der Waals surface area contributed by atoms with Crippen LogP contribution in [0.25, 0.3) is 0 Å². The summed E-state index contributed by atoms with van der Waals surface area (Å²) in [6.07, 6.45) is 1.83. The second-order valence-electron chi connectivity index (χ2n) is 9.11. The molecule has 0 aliphatic heterocycles. The summed E-state index contributed by atoms with van der Waals surface area (Å²) in [4.78, 5) is 26.0. The van der Waals surface area contributed by atoms with Crippen LogP contribution in [0.1, 0.15) is 35.4 Å². The summed E-state index contributed by atoms with van der Waals surface area (Å²) in [6, 6.07) is 19.2. The molecule has 3 aromatic carbocycles. The standard InChI is InChI=1S/C28H29FN2O5S/c1-31(28(33)36-19-20-7-3-2-4-8-20)18-27(32)30-17-22-10-5-9-21-15-25(13-14-26(21)22)37(34,35)24-12-6-11-23(29)16-24/h2-4,6-8,11-16,22H,5,9-10,17-19H2,1H3,(H,30,32). The quantitative estimate of drug-likeness (QED) is 0.470. The van der Waals surface area contributed by atoms with Gasteiger partial charge < -0.3 is 15.0 Å². The lowest BCUT2D eigenvalue weighted by Gasteiger charge is -2.26. The molecular formula is C28H29FN2O5S. The van der Waals surface area contributed by atoms with Gasteiger partial charge in [0, 0.05) is 19.5 Å². The lowest BCUT2D eigenvalue weighted by Crippen LogP contribution is -2.40. The van der Waals surface area contributed by atoms with E-state index in [0.29, 0.717) is 6.54 Å². The van der Waals surface area contributed by atoms with Crippen LogP contribution in [0, 0.1) is 5.82 Å². The van der Waals surface area contributed by atoms with Crippen molar-refractivity contribution in [3.8, 4) is 0 Å². The molecule has 0 fully saturated rings. The van der Waals surface area contributed by atoms with Crippen LogP contribution in [0.3, 0.4) is 0 Å². The predicted molar refractivity (Wildman–Crippen MR) is 136 cm³/mol. The monoisotopic (exact) mass is 524 g/mol. The summed E-state index contributed by atoms with van der Waals surface area (Å²) in [5.74, 6) is -0.893. The Bertz CT molecular complexity index is 1380. The predicted octanol–water partition coefficient (Wildman–Crippen LogP) is 4.46. The van der Waals surface area contributed by atoms with Gasteiger partial charge in [-0.05, 0) is 66.3 Å². The first-order chi connectivity index (χ1) is 17.7. The Balaban J connectivity index is 1.34. The molecule has 9 heteroatoms. The van der Waals surface area contributed by atoms with Crippen molar-refractivity contribution in [1.82, 2.24) is 10.2 Å². The zero-order valence-corrected chi connectivity index (χ0v) is 21.3. The van der Waals surface area contributed by atoms with E-state index in [1.54, 1.807) is 12.1 Å². The molecule has 1 N–H and O–H groups in total. The van der Waals surface area contributed by atoms with Gasteiger partial charge in [0.1, 0.15) is 19.0 Å². The molecule has 1 aliphatic rings. The second-order valence-corrected chi connectivity index (χ2v) is 11.1. The summed E-state index contributed by atoms with van der Waals surface area (Å²) >= 11 is 0. The molecule has 1 unspecified atom stereocenters. The number of aryl methyl sites for hydroxylation is 1. The third-order valence-electron chi connectivity index (χ3n) is 6.41. The van der Waals surface area contributed by atoms with Crippen LogP contribution in [-0.2, 0) is 32.4 Å². The van der Waals surface area contributed by atoms with Crippen LogP contribution in [0.5, 0.6) is 0 Å². The van der Waals surface area contributed by atoms with E-state index in [1.807, 2.05) is 30.3 Å². The normalized spacial score (nSPS) is 14.9. The highest BCUT2D eigenvalue weighted by atomic mass is 32.2. The fraction of sp³-hybridized carbons (Fsp3) is 0.286. The molecule has 0 spiro atoms. The molecule has 0 saturated heterocycles. The van der Waals surface area contributed by atoms with E-state index >= 15 is 0 Å². The number of nitrogens with one attached hydrogen (secondary N) is 1. The molecular weight excluding hydrogens is 495 g/mol. The van der Waals surface area contributed by atoms with E-state index in [9.17, 15) is 22.4 Å². The van der Waals surface area contributed by atoms with E-state index in [1.165, 1.54) is 36.2 Å². The van der Waals surface area contributed by atoms with Crippen molar-refractivity contribution < 1.29 is 27.1 Å². The molecule has 0 bridgehead atoms. The van der Waals surface area contributed by atoms with Crippen LogP contribution < -0.4 is 5.32 Å². The minimum Gasteiger partial charge on any atom is -0.445 e. The van der Waals surface area contributed by atoms with Gasteiger partial charge in [-0.1, -0.05) is 42.5 Å². The van der Waals surface area contributed by atoms with Crippen molar-refractivity contribution in [1.29, 1.82) is 0 Å². The van der Waals surface area contributed by atoms with Gasteiger partial charge in [-0.15, -0.1) is 0 Å². The number of hydrogen-bond donors (Lipinski definition) is 1. The number of halogens is 1. The van der Waals surface area contributed by atoms with Gasteiger partial charge in [-0.25, -0.2) is 17.6 Å². The molecule has 37 heavy (non-hydrogen) atoms. The summed E-state index contributed by atoms with van der Waals surface area (Å²) in [5, 5.41) is 2.88. The number of fused-ring (bicyclic) bond motifs is 1. The number of ether oxygens (including phenoxy) is 1. The Morgan fingerprint density at radius 2 is 1.78 bits per heavy atom. The maximum absolute atomic E-state index is 13.6. The number of sulfone groups is 1. The Kier molecular flexibility index (Phi) is 8.23. The van der Waals surface area contributed by atoms with Crippen molar-refractivity contribution in [2.24, 2.45) is 0 Å². The Labute approximate surface area is 216 Å². The molecule has 4 rings (SSSR count). The van der Waals surface area contributed by atoms with Crippen LogP contribution >= 0.6 is 0 Å². The number of carbonyl (C=O) groups excluding carboxylic acids is 2. The van der Waals surface area contributed by atoms with E-state index in [-0.39, 0.29) is 34.8 Å². The Morgan fingerprint density at radius 1 is 1.03 bits per heavy atom. The van der Waals surface area contributed by atoms with Crippen molar-refractivity contribution in [3.63, 3.8) is 0 Å². The minimum absolute atomic E-state index is 0.0222. The largest absolute Gasteiger partial charge is 0.445 e. The van der Waals surface area contributed by atoms with Crippen LogP contribution in [0.2, 0.25) is 0 Å². The van der Waals surface area contributed by atoms with E-state index in [4.69, 9.17) is 4.74 Å². The smallest absolute Gasteiger partial charge is 0.410 e. The highest BCUT2D eigenvalue weighted by Crippen LogP contribution is 2.34. The number of rotatable bonds is 8. The van der Waals surface area contributed by atoms with Crippen molar-refractivity contribution >= 4 is 21.8 Å². The fourth-order valence-electron chi connectivity index (χ4n) is 4.44. The van der Waals surface area contributed by atoms with Gasteiger partial charge in [0.2, 0.25) is 15.7 Å². The average Bonchev–Trinajstić information content (AvgIpc) is 2.90. The fourth-order valence-corrected chi connectivity index (χ4v) is 5.79. The highest BCUT2D eigenvalue weighted by molar-refractivity contribution is 7.91. The Hall–Kier alpha value is -3.72. The number of benzene rings is 3. The number of likely N-dealkylation sites (N-methyl/N-ethyl adjacent to an activating group) is 1. The van der Waals surface area contributed by atoms with Gasteiger partial charge in [0.15, 0.2) is 0 Å².